The molecule has 3 rings (SSSR count). The summed E-state index contributed by atoms with van der Waals surface area (Å²) in [5, 5.41) is 0.994. The Bertz CT molecular complexity index is 1070. The quantitative estimate of drug-likeness (QED) is 0.295. The number of halogens is 3. The fraction of sp³-hybridized carbons (Fsp3) is 0.136. The van der Waals surface area contributed by atoms with E-state index in [0.717, 1.165) is 5.56 Å². The number of pyridine rings is 1. The molecule has 0 aliphatic rings. The Morgan fingerprint density at radius 2 is 1.65 bits per heavy atom. The fourth-order valence-electron chi connectivity index (χ4n) is 2.65. The van der Waals surface area contributed by atoms with Gasteiger partial charge in [-0.1, -0.05) is 53.0 Å². The van der Waals surface area contributed by atoms with E-state index < -0.39 is 18.0 Å². The molecule has 1 aromatic heterocycles. The smallest absolute Gasteiger partial charge is 0.348 e. The average molecular weight is 480 g/mol. The molecule has 0 fully saturated rings. The molecule has 1 heterocycles. The van der Waals surface area contributed by atoms with E-state index in [9.17, 15) is 9.59 Å². The van der Waals surface area contributed by atoms with Gasteiger partial charge in [0.2, 0.25) is 0 Å². The number of ether oxygens (including phenoxy) is 2. The van der Waals surface area contributed by atoms with Crippen molar-refractivity contribution >= 4 is 46.7 Å². The summed E-state index contributed by atoms with van der Waals surface area (Å²) in [6, 6.07) is 14.1. The second-order valence-electron chi connectivity index (χ2n) is 6.49. The van der Waals surface area contributed by atoms with Crippen molar-refractivity contribution in [3.8, 4) is 5.75 Å². The summed E-state index contributed by atoms with van der Waals surface area (Å²) in [6.45, 7) is 0.211. The maximum absolute atomic E-state index is 12.2. The van der Waals surface area contributed by atoms with Crippen molar-refractivity contribution in [2.24, 2.45) is 5.73 Å². The SMILES string of the molecule is N[C@@H](Cc1ccc(OCc2c(Cl)cccc2Cl)cc1)C(=O)OC(=O)c1cccnc1Cl. The lowest BCUT2D eigenvalue weighted by Crippen LogP contribution is -2.35. The zero-order valence-electron chi connectivity index (χ0n) is 16.1. The number of carbonyl (C=O) groups excluding carboxylic acids is 2. The molecule has 0 aliphatic carbocycles. The summed E-state index contributed by atoms with van der Waals surface area (Å²) < 4.78 is 10.5. The van der Waals surface area contributed by atoms with Gasteiger partial charge in [-0.25, -0.2) is 14.6 Å². The molecule has 0 spiro atoms. The molecular weight excluding hydrogens is 463 g/mol. The van der Waals surface area contributed by atoms with Crippen LogP contribution in [0.25, 0.3) is 0 Å². The fourth-order valence-corrected chi connectivity index (χ4v) is 3.35. The molecule has 0 amide bonds. The van der Waals surface area contributed by atoms with Crippen LogP contribution in [0.1, 0.15) is 21.5 Å². The highest BCUT2D eigenvalue weighted by Crippen LogP contribution is 2.26. The first kappa shape index (κ1) is 23.0. The van der Waals surface area contributed by atoms with Crippen LogP contribution in [0.4, 0.5) is 0 Å². The second-order valence-corrected chi connectivity index (χ2v) is 7.67. The maximum atomic E-state index is 12.2. The van der Waals surface area contributed by atoms with Gasteiger partial charge in [0.25, 0.3) is 0 Å². The van der Waals surface area contributed by atoms with Crippen LogP contribution >= 0.6 is 34.8 Å². The van der Waals surface area contributed by atoms with Gasteiger partial charge in [0.05, 0.1) is 5.56 Å². The predicted octanol–water partition coefficient (Wildman–Crippen LogP) is 4.87. The van der Waals surface area contributed by atoms with Crippen molar-refractivity contribution in [2.45, 2.75) is 19.1 Å². The van der Waals surface area contributed by atoms with Crippen LogP contribution in [-0.2, 0) is 22.6 Å². The van der Waals surface area contributed by atoms with E-state index in [1.54, 1.807) is 42.5 Å². The Morgan fingerprint density at radius 3 is 2.29 bits per heavy atom. The summed E-state index contributed by atoms with van der Waals surface area (Å²) in [6.07, 6.45) is 1.59. The van der Waals surface area contributed by atoms with Crippen LogP contribution in [0.2, 0.25) is 15.2 Å². The molecule has 3 aromatic rings. The van der Waals surface area contributed by atoms with E-state index in [1.165, 1.54) is 18.3 Å². The number of nitrogens with zero attached hydrogens (tertiary/aromatic N) is 1. The van der Waals surface area contributed by atoms with Crippen molar-refractivity contribution in [1.29, 1.82) is 0 Å². The van der Waals surface area contributed by atoms with Crippen LogP contribution in [0.3, 0.4) is 0 Å². The van der Waals surface area contributed by atoms with Crippen LogP contribution < -0.4 is 10.5 Å². The summed E-state index contributed by atoms with van der Waals surface area (Å²) in [7, 11) is 0. The van der Waals surface area contributed by atoms with Crippen molar-refractivity contribution in [1.82, 2.24) is 4.98 Å². The molecular formula is C22H17Cl3N2O4. The molecule has 0 saturated heterocycles. The topological polar surface area (TPSA) is 91.5 Å². The zero-order chi connectivity index (χ0) is 22.4. The molecule has 9 heteroatoms. The maximum Gasteiger partial charge on any atom is 0.348 e. The molecule has 2 aromatic carbocycles. The summed E-state index contributed by atoms with van der Waals surface area (Å²) >= 11 is 18.1. The molecule has 0 unspecified atom stereocenters. The van der Waals surface area contributed by atoms with Crippen molar-refractivity contribution in [3.05, 3.63) is 92.7 Å². The summed E-state index contributed by atoms with van der Waals surface area (Å²) in [4.78, 5) is 28.0. The number of carbonyl (C=O) groups is 2. The first-order chi connectivity index (χ1) is 14.8. The first-order valence-corrected chi connectivity index (χ1v) is 10.3. The summed E-state index contributed by atoms with van der Waals surface area (Å²) in [5.74, 6) is -1.17. The second kappa shape index (κ2) is 10.6. The third-order valence-corrected chi connectivity index (χ3v) is 5.31. The Hall–Kier alpha value is -2.64. The van der Waals surface area contributed by atoms with E-state index in [1.807, 2.05) is 0 Å². The predicted molar refractivity (Wildman–Crippen MR) is 119 cm³/mol. The van der Waals surface area contributed by atoms with Crippen molar-refractivity contribution < 1.29 is 19.1 Å². The van der Waals surface area contributed by atoms with E-state index in [4.69, 9.17) is 50.0 Å². The average Bonchev–Trinajstić information content (AvgIpc) is 2.74. The minimum Gasteiger partial charge on any atom is -0.489 e. The van der Waals surface area contributed by atoms with Gasteiger partial charge in [0, 0.05) is 21.8 Å². The van der Waals surface area contributed by atoms with Gasteiger partial charge in [0.1, 0.15) is 23.6 Å². The summed E-state index contributed by atoms with van der Waals surface area (Å²) in [5.41, 5.74) is 7.33. The number of aromatic nitrogens is 1. The van der Waals surface area contributed by atoms with E-state index in [0.29, 0.717) is 21.4 Å². The lowest BCUT2D eigenvalue weighted by Gasteiger charge is -2.12. The molecule has 0 aliphatic heterocycles. The van der Waals surface area contributed by atoms with Crippen LogP contribution in [-0.4, -0.2) is 23.0 Å². The number of nitrogens with two attached hydrogens (primary N) is 1. The largest absolute Gasteiger partial charge is 0.489 e. The number of benzene rings is 2. The molecule has 160 valence electrons. The monoisotopic (exact) mass is 478 g/mol. The van der Waals surface area contributed by atoms with Crippen molar-refractivity contribution in [3.63, 3.8) is 0 Å². The van der Waals surface area contributed by atoms with Crippen LogP contribution in [0.15, 0.2) is 60.8 Å². The van der Waals surface area contributed by atoms with Gasteiger partial charge in [-0.05, 0) is 48.4 Å². The Kier molecular flexibility index (Phi) is 7.87. The van der Waals surface area contributed by atoms with Gasteiger partial charge in [-0.2, -0.15) is 0 Å². The highest BCUT2D eigenvalue weighted by atomic mass is 35.5. The van der Waals surface area contributed by atoms with Gasteiger partial charge in [0.15, 0.2) is 0 Å². The molecule has 2 N–H and O–H groups in total. The molecule has 0 bridgehead atoms. The number of esters is 2. The minimum absolute atomic E-state index is 0.00941. The van der Waals surface area contributed by atoms with Crippen molar-refractivity contribution in [2.75, 3.05) is 0 Å². The third kappa shape index (κ3) is 6.18. The standard InChI is InChI=1S/C22H17Cl3N2O4/c23-17-4-1-5-18(24)16(17)12-30-14-8-6-13(7-9-14)11-19(26)22(29)31-21(28)15-3-2-10-27-20(15)25/h1-10,19H,11-12,26H2/t19-/m0/s1. The molecule has 0 radical (unpaired) electrons. The lowest BCUT2D eigenvalue weighted by atomic mass is 10.1. The van der Waals surface area contributed by atoms with Gasteiger partial charge >= 0.3 is 11.9 Å². The van der Waals surface area contributed by atoms with E-state index in [2.05, 4.69) is 4.98 Å². The van der Waals surface area contributed by atoms with Gasteiger partial charge < -0.3 is 15.2 Å². The van der Waals surface area contributed by atoms with E-state index in [-0.39, 0.29) is 23.7 Å². The molecule has 1 atom stereocenters. The Balaban J connectivity index is 1.54. The minimum atomic E-state index is -1.03. The zero-order valence-corrected chi connectivity index (χ0v) is 18.3. The van der Waals surface area contributed by atoms with E-state index >= 15 is 0 Å². The normalized spacial score (nSPS) is 11.6. The van der Waals surface area contributed by atoms with Crippen LogP contribution in [0, 0.1) is 0 Å². The molecule has 6 nitrogen and oxygen atoms in total. The number of hydrogen-bond acceptors (Lipinski definition) is 6. The van der Waals surface area contributed by atoms with Gasteiger partial charge in [-0.15, -0.1) is 0 Å². The Labute approximate surface area is 193 Å². The first-order valence-electron chi connectivity index (χ1n) is 9.12. The molecule has 31 heavy (non-hydrogen) atoms. The van der Waals surface area contributed by atoms with Gasteiger partial charge in [-0.3, -0.25) is 0 Å². The van der Waals surface area contributed by atoms with Crippen LogP contribution in [0.5, 0.6) is 5.75 Å². The highest BCUT2D eigenvalue weighted by molar-refractivity contribution is 6.36. The highest BCUT2D eigenvalue weighted by Gasteiger charge is 2.22. The Morgan fingerprint density at radius 1 is 0.968 bits per heavy atom. The molecule has 0 saturated carbocycles. The number of hydrogen-bond donors (Lipinski definition) is 1. The third-order valence-electron chi connectivity index (χ3n) is 4.30. The number of rotatable bonds is 7. The lowest BCUT2D eigenvalue weighted by molar-refractivity contribution is -0.139.